The molecule has 0 amide bonds. The molecule has 0 aliphatic heterocycles. The van der Waals surface area contributed by atoms with E-state index in [2.05, 4.69) is 6.92 Å². The zero-order valence-electron chi connectivity index (χ0n) is 16.3. The molecule has 0 aromatic heterocycles. The Balaban J connectivity index is 2.40. The van der Waals surface area contributed by atoms with Gasteiger partial charge in [0.05, 0.1) is 5.60 Å². The number of carbonyl (C=O) groups is 2. The zero-order chi connectivity index (χ0) is 19.6. The molecule has 2 unspecified atom stereocenters. The minimum Gasteiger partial charge on any atom is -0.479 e. The average Bonchev–Trinajstić information content (AvgIpc) is 2.93. The molecule has 0 bridgehead atoms. The number of hydrogen-bond donors (Lipinski definition) is 2. The lowest BCUT2D eigenvalue weighted by Gasteiger charge is -2.21. The first-order valence-corrected chi connectivity index (χ1v) is 10.1. The summed E-state index contributed by atoms with van der Waals surface area (Å²) >= 11 is 0. The lowest BCUT2D eigenvalue weighted by molar-refractivity contribution is -0.143. The predicted molar refractivity (Wildman–Crippen MR) is 101 cm³/mol. The van der Waals surface area contributed by atoms with Gasteiger partial charge in [-0.25, -0.2) is 9.18 Å². The van der Waals surface area contributed by atoms with Gasteiger partial charge in [-0.15, -0.1) is 0 Å². The second-order valence-electron chi connectivity index (χ2n) is 7.89. The lowest BCUT2D eigenvalue weighted by atomic mass is 9.87. The molecule has 1 rings (SSSR count). The van der Waals surface area contributed by atoms with Crippen molar-refractivity contribution < 1.29 is 24.2 Å². The fraction of sp³-hybridized carbons (Fsp3) is 0.810. The number of aliphatic hydroxyl groups is 1. The van der Waals surface area contributed by atoms with Gasteiger partial charge in [0.1, 0.15) is 5.78 Å². The SMILES string of the molecule is CCCCCC(C)(O)C=C[C@H]1CCC(=O)[C@@H]1CCCCCC(F)C(=O)O. The summed E-state index contributed by atoms with van der Waals surface area (Å²) in [4.78, 5) is 22.6. The standard InChI is InChI=1S/C21H35FO4/c1-3-4-8-14-21(2,26)15-13-16-11-12-19(23)17(16)9-6-5-7-10-18(22)20(24)25/h13,15-18,26H,3-12,14H2,1-2H3,(H,24,25)/t16-,17-,18?,21?/m1/s1. The van der Waals surface area contributed by atoms with Crippen LogP contribution in [0.25, 0.3) is 0 Å². The van der Waals surface area contributed by atoms with E-state index in [4.69, 9.17) is 5.11 Å². The largest absolute Gasteiger partial charge is 0.479 e. The van der Waals surface area contributed by atoms with E-state index in [9.17, 15) is 19.1 Å². The van der Waals surface area contributed by atoms with Crippen LogP contribution in [0.1, 0.15) is 84.5 Å². The molecule has 0 saturated heterocycles. The summed E-state index contributed by atoms with van der Waals surface area (Å²) in [6, 6.07) is 0. The van der Waals surface area contributed by atoms with Crippen LogP contribution in [0, 0.1) is 11.8 Å². The van der Waals surface area contributed by atoms with Crippen molar-refractivity contribution in [1.82, 2.24) is 0 Å². The van der Waals surface area contributed by atoms with Crippen LogP contribution in [0.2, 0.25) is 0 Å². The molecule has 0 aromatic carbocycles. The molecule has 5 heteroatoms. The van der Waals surface area contributed by atoms with Crippen molar-refractivity contribution in [3.05, 3.63) is 12.2 Å². The molecule has 0 aromatic rings. The normalized spacial score (nSPS) is 24.1. The molecule has 0 radical (unpaired) electrons. The van der Waals surface area contributed by atoms with Gasteiger partial charge in [-0.3, -0.25) is 4.79 Å². The highest BCUT2D eigenvalue weighted by atomic mass is 19.1. The zero-order valence-corrected chi connectivity index (χ0v) is 16.3. The quantitative estimate of drug-likeness (QED) is 0.359. The van der Waals surface area contributed by atoms with E-state index in [1.54, 1.807) is 0 Å². The van der Waals surface area contributed by atoms with Crippen molar-refractivity contribution in [2.75, 3.05) is 0 Å². The minimum atomic E-state index is -1.78. The Labute approximate surface area is 156 Å². The van der Waals surface area contributed by atoms with Crippen LogP contribution in [-0.4, -0.2) is 33.7 Å². The van der Waals surface area contributed by atoms with Crippen LogP contribution >= 0.6 is 0 Å². The Morgan fingerprint density at radius 1 is 1.31 bits per heavy atom. The number of hydrogen-bond acceptors (Lipinski definition) is 3. The van der Waals surface area contributed by atoms with Gasteiger partial charge >= 0.3 is 5.97 Å². The van der Waals surface area contributed by atoms with Crippen LogP contribution in [0.3, 0.4) is 0 Å². The fourth-order valence-corrected chi connectivity index (χ4v) is 3.67. The Bertz CT molecular complexity index is 473. The van der Waals surface area contributed by atoms with Crippen molar-refractivity contribution in [3.8, 4) is 0 Å². The summed E-state index contributed by atoms with van der Waals surface area (Å²) in [5.74, 6) is -0.960. The van der Waals surface area contributed by atoms with Gasteiger partial charge in [0.15, 0.2) is 6.17 Å². The second kappa shape index (κ2) is 11.5. The summed E-state index contributed by atoms with van der Waals surface area (Å²) in [7, 11) is 0. The van der Waals surface area contributed by atoms with Crippen molar-refractivity contribution in [1.29, 1.82) is 0 Å². The molecule has 1 aliphatic rings. The number of carboxylic acid groups (broad SMARTS) is 1. The maximum Gasteiger partial charge on any atom is 0.338 e. The smallest absolute Gasteiger partial charge is 0.338 e. The summed E-state index contributed by atoms with van der Waals surface area (Å²) in [5.41, 5.74) is -0.821. The highest BCUT2D eigenvalue weighted by Crippen LogP contribution is 2.34. The number of carbonyl (C=O) groups excluding carboxylic acids is 1. The van der Waals surface area contributed by atoms with Crippen LogP contribution in [0.5, 0.6) is 0 Å². The number of allylic oxidation sites excluding steroid dienone is 1. The predicted octanol–water partition coefficient (Wildman–Crippen LogP) is 4.84. The van der Waals surface area contributed by atoms with Crippen molar-refractivity contribution in [3.63, 3.8) is 0 Å². The molecule has 4 nitrogen and oxygen atoms in total. The fourth-order valence-electron chi connectivity index (χ4n) is 3.67. The van der Waals surface area contributed by atoms with Crippen LogP contribution < -0.4 is 0 Å². The molecule has 1 fully saturated rings. The van der Waals surface area contributed by atoms with Crippen LogP contribution in [-0.2, 0) is 9.59 Å². The second-order valence-corrected chi connectivity index (χ2v) is 7.89. The Morgan fingerprint density at radius 3 is 2.69 bits per heavy atom. The molecule has 150 valence electrons. The molecule has 0 spiro atoms. The molecule has 1 saturated carbocycles. The summed E-state index contributed by atoms with van der Waals surface area (Å²) in [6.07, 6.45) is 10.3. The molecule has 4 atom stereocenters. The molecule has 2 N–H and O–H groups in total. The number of carboxylic acids is 1. The van der Waals surface area contributed by atoms with Gasteiger partial charge in [0.25, 0.3) is 0 Å². The van der Waals surface area contributed by atoms with Crippen molar-refractivity contribution in [2.24, 2.45) is 11.8 Å². The lowest BCUT2D eigenvalue weighted by Crippen LogP contribution is -2.21. The Morgan fingerprint density at radius 2 is 2.04 bits per heavy atom. The van der Waals surface area contributed by atoms with E-state index in [1.807, 2.05) is 19.1 Å². The van der Waals surface area contributed by atoms with Gasteiger partial charge in [0.2, 0.25) is 0 Å². The number of rotatable bonds is 13. The summed E-state index contributed by atoms with van der Waals surface area (Å²) in [6.45, 7) is 3.95. The third-order valence-corrected chi connectivity index (χ3v) is 5.38. The highest BCUT2D eigenvalue weighted by Gasteiger charge is 2.32. The molecule has 26 heavy (non-hydrogen) atoms. The molecule has 1 aliphatic carbocycles. The molecular formula is C21H35FO4. The summed E-state index contributed by atoms with van der Waals surface area (Å²) < 4.78 is 13.0. The number of Topliss-reactive ketones (excluding diaryl/α,β-unsaturated/α-hetero) is 1. The topological polar surface area (TPSA) is 74.6 Å². The molecule has 0 heterocycles. The van der Waals surface area contributed by atoms with E-state index in [1.165, 1.54) is 0 Å². The number of ketones is 1. The third kappa shape index (κ3) is 8.43. The average molecular weight is 371 g/mol. The van der Waals surface area contributed by atoms with E-state index >= 15 is 0 Å². The van der Waals surface area contributed by atoms with E-state index in [0.717, 1.165) is 51.4 Å². The number of unbranched alkanes of at least 4 members (excludes halogenated alkanes) is 4. The third-order valence-electron chi connectivity index (χ3n) is 5.38. The number of halogens is 1. The maximum atomic E-state index is 13.0. The van der Waals surface area contributed by atoms with Gasteiger partial charge in [-0.05, 0) is 44.9 Å². The van der Waals surface area contributed by atoms with Gasteiger partial charge < -0.3 is 10.2 Å². The first-order chi connectivity index (χ1) is 12.3. The number of aliphatic carboxylic acids is 1. The maximum absolute atomic E-state index is 13.0. The number of alkyl halides is 1. The first kappa shape index (κ1) is 22.8. The summed E-state index contributed by atoms with van der Waals surface area (Å²) in [5, 5.41) is 19.0. The van der Waals surface area contributed by atoms with E-state index in [-0.39, 0.29) is 24.0 Å². The van der Waals surface area contributed by atoms with Gasteiger partial charge in [0, 0.05) is 12.3 Å². The van der Waals surface area contributed by atoms with E-state index < -0.39 is 17.7 Å². The van der Waals surface area contributed by atoms with Gasteiger partial charge in [-0.2, -0.15) is 0 Å². The Hall–Kier alpha value is -1.23. The van der Waals surface area contributed by atoms with Gasteiger partial charge in [-0.1, -0.05) is 51.2 Å². The minimum absolute atomic E-state index is 0.0154. The first-order valence-electron chi connectivity index (χ1n) is 10.1. The van der Waals surface area contributed by atoms with E-state index in [0.29, 0.717) is 12.8 Å². The van der Waals surface area contributed by atoms with Crippen LogP contribution in [0.4, 0.5) is 4.39 Å². The molecular weight excluding hydrogens is 335 g/mol. The van der Waals surface area contributed by atoms with Crippen LogP contribution in [0.15, 0.2) is 12.2 Å². The monoisotopic (exact) mass is 370 g/mol. The van der Waals surface area contributed by atoms with Crippen molar-refractivity contribution >= 4 is 11.8 Å². The van der Waals surface area contributed by atoms with Crippen molar-refractivity contribution in [2.45, 2.75) is 96.2 Å². The Kier molecular flexibility index (Phi) is 10.1. The highest BCUT2D eigenvalue weighted by molar-refractivity contribution is 5.83.